The minimum Gasteiger partial charge on any atom is -0.371 e. The van der Waals surface area contributed by atoms with E-state index in [0.717, 1.165) is 12.1 Å². The summed E-state index contributed by atoms with van der Waals surface area (Å²) in [5, 5.41) is 13.4. The molecule has 2 aromatic rings. The molecule has 0 radical (unpaired) electrons. The Morgan fingerprint density at radius 3 is 2.85 bits per heavy atom. The predicted octanol–water partition coefficient (Wildman–Crippen LogP) is 2.70. The second-order valence-electron chi connectivity index (χ2n) is 4.04. The molecule has 0 aliphatic carbocycles. The third-order valence-electron chi connectivity index (χ3n) is 2.86. The summed E-state index contributed by atoms with van der Waals surface area (Å²) >= 11 is 0. The first-order chi connectivity index (χ1) is 9.54. The number of rotatable bonds is 5. The van der Waals surface area contributed by atoms with Gasteiger partial charge < -0.3 is 9.88 Å². The zero-order chi connectivity index (χ0) is 14.7. The maximum absolute atomic E-state index is 13.7. The lowest BCUT2D eigenvalue weighted by Crippen LogP contribution is -2.09. The van der Waals surface area contributed by atoms with Crippen molar-refractivity contribution >= 4 is 11.4 Å². The van der Waals surface area contributed by atoms with E-state index in [4.69, 9.17) is 0 Å². The van der Waals surface area contributed by atoms with Gasteiger partial charge in [0, 0.05) is 18.8 Å². The molecule has 8 heteroatoms. The number of nitrogens with zero attached hydrogens (tertiary/aromatic N) is 3. The molecule has 1 N–H and O–H groups in total. The van der Waals surface area contributed by atoms with Crippen molar-refractivity contribution in [2.75, 3.05) is 5.32 Å². The number of halogens is 2. The first-order valence-corrected chi connectivity index (χ1v) is 5.89. The largest absolute Gasteiger partial charge is 0.371 e. The summed E-state index contributed by atoms with van der Waals surface area (Å²) in [5.41, 5.74) is -0.254. The Morgan fingerprint density at radius 1 is 1.45 bits per heavy atom. The molecule has 0 atom stereocenters. The van der Waals surface area contributed by atoms with Crippen LogP contribution in [0.2, 0.25) is 0 Å². The third-order valence-corrected chi connectivity index (χ3v) is 2.86. The summed E-state index contributed by atoms with van der Waals surface area (Å²) in [6, 6.07) is 1.66. The van der Waals surface area contributed by atoms with Gasteiger partial charge in [-0.3, -0.25) is 10.1 Å². The number of aryl methyl sites for hydroxylation is 1. The minimum atomic E-state index is -1.26. The number of hydrogen-bond donors (Lipinski definition) is 1. The summed E-state index contributed by atoms with van der Waals surface area (Å²) in [5.74, 6) is -2.40. The molecule has 106 valence electrons. The Labute approximate surface area is 113 Å². The Hall–Kier alpha value is -2.51. The van der Waals surface area contributed by atoms with Crippen molar-refractivity contribution in [2.24, 2.45) is 0 Å². The van der Waals surface area contributed by atoms with E-state index in [-0.39, 0.29) is 6.54 Å². The fourth-order valence-electron chi connectivity index (χ4n) is 1.82. The van der Waals surface area contributed by atoms with Crippen LogP contribution in [0, 0.1) is 21.7 Å². The van der Waals surface area contributed by atoms with Crippen LogP contribution in [0.25, 0.3) is 0 Å². The quantitative estimate of drug-likeness (QED) is 0.676. The van der Waals surface area contributed by atoms with Crippen molar-refractivity contribution < 1.29 is 13.7 Å². The van der Waals surface area contributed by atoms with E-state index in [0.29, 0.717) is 12.2 Å². The lowest BCUT2D eigenvalue weighted by Gasteiger charge is -2.10. The fourth-order valence-corrected chi connectivity index (χ4v) is 1.82. The van der Waals surface area contributed by atoms with Gasteiger partial charge in [0.2, 0.25) is 0 Å². The van der Waals surface area contributed by atoms with Crippen molar-refractivity contribution in [1.29, 1.82) is 0 Å². The van der Waals surface area contributed by atoms with Crippen molar-refractivity contribution in [1.82, 2.24) is 9.55 Å². The molecule has 0 aliphatic heterocycles. The predicted molar refractivity (Wildman–Crippen MR) is 68.2 cm³/mol. The zero-order valence-electron chi connectivity index (χ0n) is 10.6. The number of anilines is 1. The molecule has 1 aromatic heterocycles. The van der Waals surface area contributed by atoms with Gasteiger partial charge in [0.05, 0.1) is 23.5 Å². The average molecular weight is 282 g/mol. The van der Waals surface area contributed by atoms with E-state index in [1.165, 1.54) is 0 Å². The van der Waals surface area contributed by atoms with Crippen LogP contribution in [0.15, 0.2) is 24.7 Å². The number of nitro benzene ring substituents is 1. The molecule has 0 unspecified atom stereocenters. The molecule has 20 heavy (non-hydrogen) atoms. The van der Waals surface area contributed by atoms with E-state index >= 15 is 0 Å². The van der Waals surface area contributed by atoms with Crippen LogP contribution in [-0.4, -0.2) is 14.5 Å². The number of hydrogen-bond acceptors (Lipinski definition) is 4. The first kappa shape index (κ1) is 13.9. The Morgan fingerprint density at radius 2 is 2.20 bits per heavy atom. The first-order valence-electron chi connectivity index (χ1n) is 5.89. The van der Waals surface area contributed by atoms with Gasteiger partial charge in [0.15, 0.2) is 17.3 Å². The number of nitrogens with one attached hydrogen (secondary N) is 1. The molecule has 6 nitrogen and oxygen atoms in total. The van der Waals surface area contributed by atoms with Crippen LogP contribution in [0.1, 0.15) is 12.6 Å². The Bertz CT molecular complexity index is 642. The van der Waals surface area contributed by atoms with Crippen LogP contribution >= 0.6 is 0 Å². The van der Waals surface area contributed by atoms with Crippen molar-refractivity contribution in [3.05, 3.63) is 52.1 Å². The third kappa shape index (κ3) is 2.58. The van der Waals surface area contributed by atoms with Gasteiger partial charge in [-0.2, -0.15) is 0 Å². The number of aromatic nitrogens is 2. The van der Waals surface area contributed by atoms with Crippen molar-refractivity contribution in [2.45, 2.75) is 20.0 Å². The highest BCUT2D eigenvalue weighted by Crippen LogP contribution is 2.29. The van der Waals surface area contributed by atoms with E-state index < -0.39 is 27.9 Å². The molecular weight excluding hydrogens is 270 g/mol. The molecule has 0 amide bonds. The van der Waals surface area contributed by atoms with Gasteiger partial charge in [-0.1, -0.05) is 0 Å². The molecule has 0 saturated heterocycles. The van der Waals surface area contributed by atoms with Gasteiger partial charge in [-0.25, -0.2) is 13.8 Å². The Balaban J connectivity index is 2.29. The van der Waals surface area contributed by atoms with E-state index in [1.807, 2.05) is 6.92 Å². The average Bonchev–Trinajstić information content (AvgIpc) is 2.87. The molecule has 0 bridgehead atoms. The second kappa shape index (κ2) is 5.64. The van der Waals surface area contributed by atoms with E-state index in [2.05, 4.69) is 10.3 Å². The molecule has 0 spiro atoms. The number of nitro groups is 1. The SMILES string of the molecule is CCn1cncc1CNc1c([N+](=O)[O-])ccc(F)c1F. The van der Waals surface area contributed by atoms with Crippen LogP contribution in [0.5, 0.6) is 0 Å². The zero-order valence-corrected chi connectivity index (χ0v) is 10.6. The highest BCUT2D eigenvalue weighted by molar-refractivity contribution is 5.62. The van der Waals surface area contributed by atoms with Crippen molar-refractivity contribution in [3.8, 4) is 0 Å². The van der Waals surface area contributed by atoms with E-state index in [1.54, 1.807) is 17.1 Å². The topological polar surface area (TPSA) is 73.0 Å². The number of benzene rings is 1. The van der Waals surface area contributed by atoms with Gasteiger partial charge in [0.1, 0.15) is 0 Å². The van der Waals surface area contributed by atoms with Gasteiger partial charge in [0.25, 0.3) is 5.69 Å². The molecule has 0 saturated carbocycles. The van der Waals surface area contributed by atoms with Gasteiger partial charge >= 0.3 is 0 Å². The highest BCUT2D eigenvalue weighted by Gasteiger charge is 2.21. The second-order valence-corrected chi connectivity index (χ2v) is 4.04. The summed E-state index contributed by atoms with van der Waals surface area (Å²) in [4.78, 5) is 14.0. The maximum Gasteiger partial charge on any atom is 0.295 e. The molecular formula is C12H12F2N4O2. The summed E-state index contributed by atoms with van der Waals surface area (Å²) in [6.45, 7) is 2.66. The van der Waals surface area contributed by atoms with Crippen LogP contribution in [0.3, 0.4) is 0 Å². The van der Waals surface area contributed by atoms with Gasteiger partial charge in [-0.05, 0) is 13.0 Å². The molecule has 1 aromatic carbocycles. The maximum atomic E-state index is 13.7. The molecule has 1 heterocycles. The minimum absolute atomic E-state index is 0.106. The monoisotopic (exact) mass is 282 g/mol. The van der Waals surface area contributed by atoms with Crippen LogP contribution < -0.4 is 5.32 Å². The smallest absolute Gasteiger partial charge is 0.295 e. The Kier molecular flexibility index (Phi) is 3.92. The molecule has 0 fully saturated rings. The lowest BCUT2D eigenvalue weighted by atomic mass is 10.2. The van der Waals surface area contributed by atoms with Crippen LogP contribution in [-0.2, 0) is 13.1 Å². The van der Waals surface area contributed by atoms with Gasteiger partial charge in [-0.15, -0.1) is 0 Å². The summed E-state index contributed by atoms with van der Waals surface area (Å²) in [6.07, 6.45) is 3.15. The normalized spacial score (nSPS) is 10.6. The highest BCUT2D eigenvalue weighted by atomic mass is 19.2. The summed E-state index contributed by atoms with van der Waals surface area (Å²) in [7, 11) is 0. The molecule has 0 aliphatic rings. The summed E-state index contributed by atoms with van der Waals surface area (Å²) < 4.78 is 28.6. The van der Waals surface area contributed by atoms with Crippen LogP contribution in [0.4, 0.5) is 20.2 Å². The standard InChI is InChI=1S/C12H12F2N4O2/c1-2-17-7-15-5-8(17)6-16-12-10(18(19)20)4-3-9(13)11(12)14/h3-5,7,16H,2,6H2,1H3. The van der Waals surface area contributed by atoms with Crippen molar-refractivity contribution in [3.63, 3.8) is 0 Å². The fraction of sp³-hybridized carbons (Fsp3) is 0.250. The lowest BCUT2D eigenvalue weighted by molar-refractivity contribution is -0.384. The van der Waals surface area contributed by atoms with E-state index in [9.17, 15) is 18.9 Å². The number of imidazole rings is 1. The molecule has 2 rings (SSSR count).